The Balaban J connectivity index is 1.88. The molecule has 0 aliphatic carbocycles. The summed E-state index contributed by atoms with van der Waals surface area (Å²) in [6.45, 7) is 0. The Morgan fingerprint density at radius 3 is 0.842 bits per heavy atom. The zero-order valence-electron chi connectivity index (χ0n) is 19.8. The smallest absolute Gasteiger partial charge is 0.175 e. The van der Waals surface area contributed by atoms with Crippen molar-refractivity contribution < 1.29 is 17.9 Å². The lowest BCUT2D eigenvalue weighted by atomic mass is 10.3. The summed E-state index contributed by atoms with van der Waals surface area (Å²) in [6.07, 6.45) is 0. The molecule has 0 saturated carbocycles. The van der Waals surface area contributed by atoms with Gasteiger partial charge in [-0.05, 0) is 31.9 Å². The summed E-state index contributed by atoms with van der Waals surface area (Å²) in [4.78, 5) is 0. The summed E-state index contributed by atoms with van der Waals surface area (Å²) < 4.78 is 62.8. The lowest BCUT2D eigenvalue weighted by Crippen LogP contribution is -2.35. The molecule has 0 aliphatic heterocycles. The van der Waals surface area contributed by atoms with Crippen LogP contribution in [0.4, 0.5) is 8.78 Å². The zero-order valence-corrected chi connectivity index (χ0v) is 24.7. The second-order valence-electron chi connectivity index (χ2n) is 8.51. The molecular formula is C30H20Br2F2O2P2. The molecule has 0 radical (unpaired) electrons. The largest absolute Gasteiger partial charge is 0.308 e. The van der Waals surface area contributed by atoms with E-state index >= 15 is 8.78 Å². The van der Waals surface area contributed by atoms with E-state index in [0.29, 0.717) is 21.2 Å². The molecule has 0 unspecified atom stereocenters. The van der Waals surface area contributed by atoms with Gasteiger partial charge in [-0.3, -0.25) is 0 Å². The van der Waals surface area contributed by atoms with Crippen LogP contribution < -0.4 is 31.8 Å². The predicted molar refractivity (Wildman–Crippen MR) is 161 cm³/mol. The van der Waals surface area contributed by atoms with E-state index in [1.807, 2.05) is 0 Å². The van der Waals surface area contributed by atoms with Crippen LogP contribution in [0.2, 0.25) is 0 Å². The second-order valence-corrected chi connectivity index (χ2v) is 15.5. The Bertz CT molecular complexity index is 1460. The van der Waals surface area contributed by atoms with Gasteiger partial charge in [0, 0.05) is 30.2 Å². The maximum Gasteiger partial charge on any atom is 0.175 e. The van der Waals surface area contributed by atoms with Gasteiger partial charge in [-0.2, -0.15) is 0 Å². The quantitative estimate of drug-likeness (QED) is 0.148. The molecule has 0 heterocycles. The Kier molecular flexibility index (Phi) is 7.71. The molecule has 0 amide bonds. The summed E-state index contributed by atoms with van der Waals surface area (Å²) in [6, 6.07) is 33.8. The van der Waals surface area contributed by atoms with E-state index in [2.05, 4.69) is 31.9 Å². The van der Waals surface area contributed by atoms with E-state index in [9.17, 15) is 9.13 Å². The molecule has 0 fully saturated rings. The van der Waals surface area contributed by atoms with Crippen molar-refractivity contribution in [3.63, 3.8) is 0 Å². The van der Waals surface area contributed by atoms with E-state index in [4.69, 9.17) is 0 Å². The van der Waals surface area contributed by atoms with Gasteiger partial charge in [-0.1, -0.05) is 121 Å². The number of benzene rings is 5. The van der Waals surface area contributed by atoms with Gasteiger partial charge in [0.05, 0.1) is 10.6 Å². The number of rotatable bonds is 6. The first-order valence-corrected chi connectivity index (χ1v) is 16.6. The lowest BCUT2D eigenvalue weighted by Gasteiger charge is -2.27. The fraction of sp³-hybridized carbons (Fsp3) is 0. The molecule has 5 aromatic carbocycles. The van der Waals surface area contributed by atoms with Crippen molar-refractivity contribution >= 4 is 78.0 Å². The van der Waals surface area contributed by atoms with Gasteiger partial charge in [-0.15, -0.1) is 0 Å². The number of hydrogen-bond donors (Lipinski definition) is 0. The van der Waals surface area contributed by atoms with E-state index < -0.39 is 25.9 Å². The molecule has 190 valence electrons. The van der Waals surface area contributed by atoms with Crippen molar-refractivity contribution in [2.75, 3.05) is 0 Å². The van der Waals surface area contributed by atoms with Gasteiger partial charge in [0.1, 0.15) is 0 Å². The van der Waals surface area contributed by atoms with Crippen molar-refractivity contribution in [1.82, 2.24) is 0 Å². The van der Waals surface area contributed by atoms with Crippen LogP contribution in [-0.4, -0.2) is 0 Å². The van der Waals surface area contributed by atoms with E-state index in [1.165, 1.54) is 0 Å². The lowest BCUT2D eigenvalue weighted by molar-refractivity contribution is 0.515. The van der Waals surface area contributed by atoms with E-state index in [-0.39, 0.29) is 19.6 Å². The highest BCUT2D eigenvalue weighted by Gasteiger charge is 2.43. The highest BCUT2D eigenvalue weighted by Crippen LogP contribution is 2.51. The van der Waals surface area contributed by atoms with Crippen LogP contribution in [0.1, 0.15) is 0 Å². The average molecular weight is 672 g/mol. The van der Waals surface area contributed by atoms with Crippen LogP contribution in [0.5, 0.6) is 0 Å². The monoisotopic (exact) mass is 670 g/mol. The van der Waals surface area contributed by atoms with Gasteiger partial charge in [-0.25, -0.2) is 8.78 Å². The summed E-state index contributed by atoms with van der Waals surface area (Å²) in [7, 11) is -7.81. The Hall–Kier alpha value is -2.62. The third-order valence-electron chi connectivity index (χ3n) is 6.33. The molecule has 8 heteroatoms. The van der Waals surface area contributed by atoms with E-state index in [0.717, 1.165) is 0 Å². The highest BCUT2D eigenvalue weighted by atomic mass is 79.9. The van der Waals surface area contributed by atoms with Crippen LogP contribution >= 0.6 is 46.1 Å². The maximum absolute atomic E-state index is 16.4. The molecule has 0 aliphatic rings. The standard InChI is InChI=1S/C30H20Br2F2O2P2/c31-25-26(32)30(38(36,23-17-9-3-10-18-23)24-19-11-4-12-20-24)28(34)27(33)29(25)37(35,21-13-5-1-6-14-21)22-15-7-2-8-16-22/h1-20H. The normalized spacial score (nSPS) is 11.9. The van der Waals surface area contributed by atoms with Crippen molar-refractivity contribution in [3.05, 3.63) is 142 Å². The van der Waals surface area contributed by atoms with Gasteiger partial charge in [0.25, 0.3) is 0 Å². The minimum atomic E-state index is -3.90. The van der Waals surface area contributed by atoms with Gasteiger partial charge in [0.2, 0.25) is 0 Å². The van der Waals surface area contributed by atoms with Gasteiger partial charge < -0.3 is 9.13 Å². The van der Waals surface area contributed by atoms with Crippen molar-refractivity contribution in [2.45, 2.75) is 0 Å². The Labute approximate surface area is 236 Å². The minimum Gasteiger partial charge on any atom is -0.308 e. The summed E-state index contributed by atoms with van der Waals surface area (Å²) in [5.74, 6) is -2.61. The molecule has 2 nitrogen and oxygen atoms in total. The topological polar surface area (TPSA) is 34.1 Å². The maximum atomic E-state index is 16.4. The molecule has 0 bridgehead atoms. The van der Waals surface area contributed by atoms with Crippen LogP contribution in [0.3, 0.4) is 0 Å². The van der Waals surface area contributed by atoms with Gasteiger partial charge >= 0.3 is 0 Å². The van der Waals surface area contributed by atoms with Crippen LogP contribution in [-0.2, 0) is 9.13 Å². The van der Waals surface area contributed by atoms with Crippen LogP contribution in [0.25, 0.3) is 0 Å². The summed E-state index contributed by atoms with van der Waals surface area (Å²) in [5, 5.41) is 0.739. The zero-order chi connectivity index (χ0) is 26.9. The summed E-state index contributed by atoms with van der Waals surface area (Å²) >= 11 is 6.87. The fourth-order valence-corrected chi connectivity index (χ4v) is 12.6. The van der Waals surface area contributed by atoms with Crippen molar-refractivity contribution in [2.24, 2.45) is 0 Å². The molecule has 0 N–H and O–H groups in total. The Morgan fingerprint density at radius 2 is 0.632 bits per heavy atom. The Morgan fingerprint density at radius 1 is 0.421 bits per heavy atom. The highest BCUT2D eigenvalue weighted by molar-refractivity contribution is 9.13. The first-order chi connectivity index (χ1) is 18.3. The molecule has 5 rings (SSSR count). The van der Waals surface area contributed by atoms with Crippen LogP contribution in [0, 0.1) is 11.6 Å². The predicted octanol–water partition coefficient (Wildman–Crippen LogP) is 6.77. The molecule has 0 spiro atoms. The average Bonchev–Trinajstić information content (AvgIpc) is 2.98. The first kappa shape index (κ1) is 27.0. The molecule has 0 saturated heterocycles. The molecule has 0 atom stereocenters. The number of halogens is 4. The van der Waals surface area contributed by atoms with Crippen LogP contribution in [0.15, 0.2) is 130 Å². The number of hydrogen-bond acceptors (Lipinski definition) is 2. The van der Waals surface area contributed by atoms with Gasteiger partial charge in [0.15, 0.2) is 25.9 Å². The summed E-state index contributed by atoms with van der Waals surface area (Å²) in [5.41, 5.74) is 0. The van der Waals surface area contributed by atoms with Crippen molar-refractivity contribution in [1.29, 1.82) is 0 Å². The first-order valence-electron chi connectivity index (χ1n) is 11.6. The van der Waals surface area contributed by atoms with E-state index in [1.54, 1.807) is 121 Å². The fourth-order valence-electron chi connectivity index (χ4n) is 4.53. The SMILES string of the molecule is O=P(c1ccccc1)(c1ccccc1)c1c(F)c(F)c(P(=O)(c2ccccc2)c2ccccc2)c(Br)c1Br. The third kappa shape index (κ3) is 4.38. The molecular weight excluding hydrogens is 652 g/mol. The third-order valence-corrected chi connectivity index (χ3v) is 15.3. The molecule has 0 aromatic heterocycles. The molecule has 5 aromatic rings. The second kappa shape index (κ2) is 10.9. The molecule has 38 heavy (non-hydrogen) atoms. The minimum absolute atomic E-state index is 0.0505. The van der Waals surface area contributed by atoms with Crippen molar-refractivity contribution in [3.8, 4) is 0 Å².